The highest BCUT2D eigenvalue weighted by molar-refractivity contribution is 6.01. The first kappa shape index (κ1) is 16.1. The molecular formula is C19H21N3O2. The molecule has 2 N–H and O–H groups in total. The molecule has 0 spiro atoms. The number of carbonyl (C=O) groups is 1. The quantitative estimate of drug-likeness (QED) is 0.757. The first-order valence-corrected chi connectivity index (χ1v) is 7.94. The molecule has 1 aromatic heterocycles. The first-order chi connectivity index (χ1) is 11.7. The lowest BCUT2D eigenvalue weighted by Crippen LogP contribution is -2.36. The Morgan fingerprint density at radius 2 is 1.83 bits per heavy atom. The van der Waals surface area contributed by atoms with E-state index in [1.54, 1.807) is 4.90 Å². The second-order valence-electron chi connectivity index (χ2n) is 5.73. The van der Waals surface area contributed by atoms with Gasteiger partial charge in [-0.3, -0.25) is 0 Å². The van der Waals surface area contributed by atoms with Crippen LogP contribution in [0.2, 0.25) is 0 Å². The van der Waals surface area contributed by atoms with Gasteiger partial charge in [-0.2, -0.15) is 0 Å². The van der Waals surface area contributed by atoms with Crippen molar-refractivity contribution in [2.45, 2.75) is 6.54 Å². The highest BCUT2D eigenvalue weighted by atomic mass is 16.3. The van der Waals surface area contributed by atoms with Gasteiger partial charge in [-0.1, -0.05) is 48.5 Å². The minimum Gasteiger partial charge on any atom is -0.395 e. The molecule has 124 valence electrons. The molecule has 2 aromatic carbocycles. The van der Waals surface area contributed by atoms with Gasteiger partial charge >= 0.3 is 6.03 Å². The van der Waals surface area contributed by atoms with Crippen LogP contribution in [-0.2, 0) is 13.6 Å². The van der Waals surface area contributed by atoms with Crippen molar-refractivity contribution in [1.29, 1.82) is 0 Å². The van der Waals surface area contributed by atoms with E-state index in [0.717, 1.165) is 22.2 Å². The summed E-state index contributed by atoms with van der Waals surface area (Å²) in [5.74, 6) is 0. The number of nitrogens with one attached hydrogen (secondary N) is 1. The van der Waals surface area contributed by atoms with E-state index in [1.165, 1.54) is 0 Å². The maximum Gasteiger partial charge on any atom is 0.322 e. The number of benzene rings is 2. The summed E-state index contributed by atoms with van der Waals surface area (Å²) in [6.45, 7) is 0.666. The van der Waals surface area contributed by atoms with Gasteiger partial charge in [0.1, 0.15) is 0 Å². The van der Waals surface area contributed by atoms with Crippen LogP contribution in [0.5, 0.6) is 0 Å². The van der Waals surface area contributed by atoms with Crippen molar-refractivity contribution >= 4 is 22.6 Å². The number of para-hydroxylation sites is 1. The van der Waals surface area contributed by atoms with Crippen LogP contribution in [0.1, 0.15) is 5.56 Å². The smallest absolute Gasteiger partial charge is 0.322 e. The third-order valence-electron chi connectivity index (χ3n) is 4.01. The molecule has 0 unspecified atom stereocenters. The van der Waals surface area contributed by atoms with Gasteiger partial charge < -0.3 is 19.9 Å². The third-order valence-corrected chi connectivity index (χ3v) is 4.01. The maximum absolute atomic E-state index is 12.7. The Labute approximate surface area is 141 Å². The molecular weight excluding hydrogens is 302 g/mol. The van der Waals surface area contributed by atoms with Crippen LogP contribution in [0.25, 0.3) is 10.9 Å². The van der Waals surface area contributed by atoms with E-state index in [4.69, 9.17) is 0 Å². The molecule has 0 aliphatic rings. The van der Waals surface area contributed by atoms with Crippen molar-refractivity contribution < 1.29 is 9.90 Å². The lowest BCUT2D eigenvalue weighted by atomic mass is 10.2. The normalized spacial score (nSPS) is 10.8. The van der Waals surface area contributed by atoms with E-state index in [1.807, 2.05) is 72.4 Å². The molecule has 0 radical (unpaired) electrons. The van der Waals surface area contributed by atoms with Gasteiger partial charge in [0.15, 0.2) is 0 Å². The Morgan fingerprint density at radius 3 is 2.58 bits per heavy atom. The molecule has 0 saturated heterocycles. The fourth-order valence-corrected chi connectivity index (χ4v) is 2.81. The standard InChI is InChI=1S/C19H21N3O2/c1-21-14-17(16-9-5-6-10-18(16)21)20-19(24)22(11-12-23)13-15-7-3-2-4-8-15/h2-10,14,23H,11-13H2,1H3,(H,20,24). The topological polar surface area (TPSA) is 57.5 Å². The molecule has 1 heterocycles. The van der Waals surface area contributed by atoms with E-state index < -0.39 is 0 Å². The molecule has 3 rings (SSSR count). The van der Waals surface area contributed by atoms with Gasteiger partial charge in [0.05, 0.1) is 12.3 Å². The summed E-state index contributed by atoms with van der Waals surface area (Å²) in [5, 5.41) is 13.2. The number of aliphatic hydroxyl groups is 1. The van der Waals surface area contributed by atoms with E-state index in [2.05, 4.69) is 5.32 Å². The zero-order chi connectivity index (χ0) is 16.9. The minimum atomic E-state index is -0.218. The summed E-state index contributed by atoms with van der Waals surface area (Å²) in [7, 11) is 1.95. The monoisotopic (exact) mass is 323 g/mol. The molecule has 0 saturated carbocycles. The lowest BCUT2D eigenvalue weighted by molar-refractivity contribution is 0.185. The van der Waals surface area contributed by atoms with Gasteiger partial charge in [0, 0.05) is 37.2 Å². The first-order valence-electron chi connectivity index (χ1n) is 7.94. The molecule has 5 heteroatoms. The molecule has 5 nitrogen and oxygen atoms in total. The highest BCUT2D eigenvalue weighted by Crippen LogP contribution is 2.25. The SMILES string of the molecule is Cn1cc(NC(=O)N(CCO)Cc2ccccc2)c2ccccc21. The largest absolute Gasteiger partial charge is 0.395 e. The second-order valence-corrected chi connectivity index (χ2v) is 5.73. The zero-order valence-corrected chi connectivity index (χ0v) is 13.6. The van der Waals surface area contributed by atoms with E-state index in [9.17, 15) is 9.90 Å². The summed E-state index contributed by atoms with van der Waals surface area (Å²) in [4.78, 5) is 14.3. The Bertz CT molecular complexity index is 827. The van der Waals surface area contributed by atoms with E-state index in [-0.39, 0.29) is 19.2 Å². The minimum absolute atomic E-state index is 0.0736. The molecule has 24 heavy (non-hydrogen) atoms. The summed E-state index contributed by atoms with van der Waals surface area (Å²) in [5.41, 5.74) is 2.86. The van der Waals surface area contributed by atoms with Gasteiger partial charge in [0.2, 0.25) is 0 Å². The van der Waals surface area contributed by atoms with Crippen LogP contribution in [0.4, 0.5) is 10.5 Å². The van der Waals surface area contributed by atoms with Crippen molar-refractivity contribution in [1.82, 2.24) is 9.47 Å². The van der Waals surface area contributed by atoms with Crippen LogP contribution in [-0.4, -0.2) is 33.8 Å². The number of anilines is 1. The van der Waals surface area contributed by atoms with Crippen LogP contribution in [0.3, 0.4) is 0 Å². The number of hydrogen-bond donors (Lipinski definition) is 2. The number of nitrogens with zero attached hydrogens (tertiary/aromatic N) is 2. The number of aliphatic hydroxyl groups excluding tert-OH is 1. The molecule has 3 aromatic rings. The molecule has 0 aliphatic heterocycles. The number of aromatic nitrogens is 1. The van der Waals surface area contributed by atoms with Crippen LogP contribution in [0, 0.1) is 0 Å². The van der Waals surface area contributed by atoms with Crippen molar-refractivity contribution in [2.24, 2.45) is 7.05 Å². The summed E-state index contributed by atoms with van der Waals surface area (Å²) >= 11 is 0. The highest BCUT2D eigenvalue weighted by Gasteiger charge is 2.16. The Hall–Kier alpha value is -2.79. The number of hydrogen-bond acceptors (Lipinski definition) is 2. The summed E-state index contributed by atoms with van der Waals surface area (Å²) in [6.07, 6.45) is 1.90. The number of fused-ring (bicyclic) bond motifs is 1. The van der Waals surface area contributed by atoms with Gasteiger partial charge in [-0.25, -0.2) is 4.79 Å². The van der Waals surface area contributed by atoms with Crippen LogP contribution < -0.4 is 5.32 Å². The number of amides is 2. The lowest BCUT2D eigenvalue weighted by Gasteiger charge is -2.22. The number of carbonyl (C=O) groups excluding carboxylic acids is 1. The van der Waals surface area contributed by atoms with Gasteiger partial charge in [-0.15, -0.1) is 0 Å². The molecule has 0 atom stereocenters. The molecule has 0 bridgehead atoms. The fourth-order valence-electron chi connectivity index (χ4n) is 2.81. The Balaban J connectivity index is 1.80. The number of urea groups is 1. The predicted molar refractivity (Wildman–Crippen MR) is 95.9 cm³/mol. The van der Waals surface area contributed by atoms with Crippen molar-refractivity contribution in [3.05, 3.63) is 66.4 Å². The molecule has 0 fully saturated rings. The Morgan fingerprint density at radius 1 is 1.12 bits per heavy atom. The third kappa shape index (κ3) is 3.41. The zero-order valence-electron chi connectivity index (χ0n) is 13.6. The number of rotatable bonds is 5. The van der Waals surface area contributed by atoms with E-state index in [0.29, 0.717) is 6.54 Å². The van der Waals surface area contributed by atoms with E-state index >= 15 is 0 Å². The maximum atomic E-state index is 12.7. The van der Waals surface area contributed by atoms with Crippen molar-refractivity contribution in [3.8, 4) is 0 Å². The van der Waals surface area contributed by atoms with Crippen LogP contribution >= 0.6 is 0 Å². The van der Waals surface area contributed by atoms with Crippen molar-refractivity contribution in [2.75, 3.05) is 18.5 Å². The van der Waals surface area contributed by atoms with Crippen LogP contribution in [0.15, 0.2) is 60.8 Å². The van der Waals surface area contributed by atoms with Crippen molar-refractivity contribution in [3.63, 3.8) is 0 Å². The Kier molecular flexibility index (Phi) is 4.82. The second kappa shape index (κ2) is 7.19. The van der Waals surface area contributed by atoms with Gasteiger partial charge in [0.25, 0.3) is 0 Å². The molecule has 0 aliphatic carbocycles. The average molecular weight is 323 g/mol. The fraction of sp³-hybridized carbons (Fsp3) is 0.211. The predicted octanol–water partition coefficient (Wildman–Crippen LogP) is 3.20. The number of aryl methyl sites for hydroxylation is 1. The average Bonchev–Trinajstić information content (AvgIpc) is 2.92. The summed E-state index contributed by atoms with van der Waals surface area (Å²) < 4.78 is 1.98. The summed E-state index contributed by atoms with van der Waals surface area (Å²) in [6, 6.07) is 17.5. The molecule has 2 amide bonds. The van der Waals surface area contributed by atoms with Gasteiger partial charge in [-0.05, 0) is 11.6 Å².